The molecule has 1 heterocycles. The number of rotatable bonds is 2. The van der Waals surface area contributed by atoms with Crippen LogP contribution in [-0.2, 0) is 4.79 Å². The Kier molecular flexibility index (Phi) is 4.07. The van der Waals surface area contributed by atoms with Gasteiger partial charge in [-0.3, -0.25) is 9.69 Å². The Morgan fingerprint density at radius 3 is 2.55 bits per heavy atom. The van der Waals surface area contributed by atoms with E-state index in [9.17, 15) is 14.3 Å². The molecule has 0 aliphatic carbocycles. The summed E-state index contributed by atoms with van der Waals surface area (Å²) in [5.41, 5.74) is 0.305. The van der Waals surface area contributed by atoms with Crippen LogP contribution in [0, 0.1) is 11.7 Å². The number of nitrogens with zero attached hydrogens (tertiary/aromatic N) is 1. The van der Waals surface area contributed by atoms with E-state index in [0.29, 0.717) is 23.7 Å². The summed E-state index contributed by atoms with van der Waals surface area (Å²) in [6.07, 6.45) is 0. The topological polar surface area (TPSA) is 40.5 Å². The average molecular weight is 300 g/mol. The third-order valence-corrected chi connectivity index (χ3v) is 4.18. The normalized spacial score (nSPS) is 24.1. The molecular formula is C15H19ClFNO2. The lowest BCUT2D eigenvalue weighted by molar-refractivity contribution is -0.141. The van der Waals surface area contributed by atoms with Gasteiger partial charge in [-0.1, -0.05) is 17.7 Å². The second-order valence-electron chi connectivity index (χ2n) is 6.29. The van der Waals surface area contributed by atoms with Crippen molar-refractivity contribution in [3.05, 3.63) is 34.6 Å². The lowest BCUT2D eigenvalue weighted by atomic mass is 9.89. The molecule has 20 heavy (non-hydrogen) atoms. The summed E-state index contributed by atoms with van der Waals surface area (Å²) in [5, 5.41) is 9.72. The molecule has 1 fully saturated rings. The van der Waals surface area contributed by atoms with Gasteiger partial charge in [0, 0.05) is 29.6 Å². The van der Waals surface area contributed by atoms with Crippen molar-refractivity contribution in [1.82, 2.24) is 4.90 Å². The van der Waals surface area contributed by atoms with Crippen LogP contribution in [0.15, 0.2) is 18.2 Å². The number of aliphatic carboxylic acids is 1. The number of hydrogen-bond acceptors (Lipinski definition) is 2. The molecule has 1 aliphatic rings. The van der Waals surface area contributed by atoms with E-state index >= 15 is 0 Å². The largest absolute Gasteiger partial charge is 0.481 e. The lowest BCUT2D eigenvalue weighted by Gasteiger charge is -2.31. The van der Waals surface area contributed by atoms with Crippen LogP contribution in [0.5, 0.6) is 0 Å². The van der Waals surface area contributed by atoms with Crippen molar-refractivity contribution in [2.45, 2.75) is 32.2 Å². The van der Waals surface area contributed by atoms with Gasteiger partial charge in [-0.25, -0.2) is 4.39 Å². The van der Waals surface area contributed by atoms with Gasteiger partial charge in [0.25, 0.3) is 0 Å². The smallest absolute Gasteiger partial charge is 0.308 e. The first kappa shape index (κ1) is 15.3. The Morgan fingerprint density at radius 2 is 2.05 bits per heavy atom. The van der Waals surface area contributed by atoms with Crippen LogP contribution >= 0.6 is 11.6 Å². The van der Waals surface area contributed by atoms with Crippen molar-refractivity contribution in [2.24, 2.45) is 5.92 Å². The Morgan fingerprint density at radius 1 is 1.40 bits per heavy atom. The van der Waals surface area contributed by atoms with E-state index in [4.69, 9.17) is 11.6 Å². The van der Waals surface area contributed by atoms with Crippen molar-refractivity contribution in [3.8, 4) is 0 Å². The molecular weight excluding hydrogens is 281 g/mol. The van der Waals surface area contributed by atoms with Crippen molar-refractivity contribution in [1.29, 1.82) is 0 Å². The lowest BCUT2D eigenvalue weighted by Crippen LogP contribution is -2.40. The van der Waals surface area contributed by atoms with Gasteiger partial charge >= 0.3 is 5.97 Å². The van der Waals surface area contributed by atoms with Crippen LogP contribution in [0.25, 0.3) is 0 Å². The van der Waals surface area contributed by atoms with Gasteiger partial charge in [-0.05, 0) is 38.5 Å². The quantitative estimate of drug-likeness (QED) is 0.910. The van der Waals surface area contributed by atoms with Crippen molar-refractivity contribution >= 4 is 17.6 Å². The highest BCUT2D eigenvalue weighted by Gasteiger charge is 2.42. The first-order valence-corrected chi connectivity index (χ1v) is 7.00. The molecule has 1 aromatic rings. The van der Waals surface area contributed by atoms with E-state index in [1.54, 1.807) is 12.1 Å². The number of carboxylic acid groups (broad SMARTS) is 1. The number of hydrogen-bond donors (Lipinski definition) is 1. The molecule has 0 radical (unpaired) electrons. The van der Waals surface area contributed by atoms with Crippen LogP contribution in [0.1, 0.15) is 32.3 Å². The third-order valence-electron chi connectivity index (χ3n) is 3.95. The minimum absolute atomic E-state index is 0.134. The van der Waals surface area contributed by atoms with E-state index in [0.717, 1.165) is 0 Å². The minimum Gasteiger partial charge on any atom is -0.481 e. The molecule has 0 saturated carbocycles. The molecule has 0 amide bonds. The monoisotopic (exact) mass is 299 g/mol. The summed E-state index contributed by atoms with van der Waals surface area (Å²) in [7, 11) is 0. The van der Waals surface area contributed by atoms with Crippen LogP contribution < -0.4 is 0 Å². The zero-order chi connectivity index (χ0) is 15.1. The molecule has 0 bridgehead atoms. The van der Waals surface area contributed by atoms with E-state index in [2.05, 4.69) is 4.90 Å². The molecule has 2 atom stereocenters. The molecule has 1 saturated heterocycles. The molecule has 1 aliphatic heterocycles. The fourth-order valence-electron chi connectivity index (χ4n) is 2.72. The fourth-order valence-corrected chi connectivity index (χ4v) is 2.88. The zero-order valence-electron chi connectivity index (χ0n) is 11.9. The van der Waals surface area contributed by atoms with Crippen LogP contribution in [0.4, 0.5) is 4.39 Å². The van der Waals surface area contributed by atoms with E-state index in [1.807, 2.05) is 20.8 Å². The Labute approximate surface area is 123 Å². The van der Waals surface area contributed by atoms with Gasteiger partial charge in [-0.15, -0.1) is 0 Å². The molecule has 1 unspecified atom stereocenters. The van der Waals surface area contributed by atoms with E-state index in [-0.39, 0.29) is 11.5 Å². The molecule has 0 spiro atoms. The summed E-state index contributed by atoms with van der Waals surface area (Å²) < 4.78 is 14.1. The maximum Gasteiger partial charge on any atom is 0.308 e. The van der Waals surface area contributed by atoms with Gasteiger partial charge in [0.1, 0.15) is 5.82 Å². The average Bonchev–Trinajstić information content (AvgIpc) is 2.73. The van der Waals surface area contributed by atoms with Gasteiger partial charge in [0.05, 0.1) is 5.92 Å². The Balaban J connectivity index is 2.35. The van der Waals surface area contributed by atoms with Gasteiger partial charge in [0.2, 0.25) is 0 Å². The van der Waals surface area contributed by atoms with Crippen LogP contribution in [0.2, 0.25) is 5.02 Å². The number of carbonyl (C=O) groups is 1. The zero-order valence-corrected chi connectivity index (χ0v) is 12.6. The van der Waals surface area contributed by atoms with Gasteiger partial charge in [-0.2, -0.15) is 0 Å². The molecule has 1 aromatic carbocycles. The second-order valence-corrected chi connectivity index (χ2v) is 6.73. The minimum atomic E-state index is -0.879. The Hall–Kier alpha value is -1.13. The molecule has 1 N–H and O–H groups in total. The number of likely N-dealkylation sites (tertiary alicyclic amines) is 1. The molecule has 3 nitrogen and oxygen atoms in total. The summed E-state index contributed by atoms with van der Waals surface area (Å²) >= 11 is 5.76. The standard InChI is InChI=1S/C15H19ClFNO2/c1-15(2,3)18-7-11(12(8-18)14(19)20)10-5-4-9(16)6-13(10)17/h4-6,11-12H,7-8H2,1-3H3,(H,19,20)/t11-,12?/m0/s1. The van der Waals surface area contributed by atoms with E-state index in [1.165, 1.54) is 6.07 Å². The van der Waals surface area contributed by atoms with Gasteiger partial charge < -0.3 is 5.11 Å². The van der Waals surface area contributed by atoms with Crippen LogP contribution in [-0.4, -0.2) is 34.6 Å². The number of halogens is 2. The maximum absolute atomic E-state index is 14.1. The molecule has 110 valence electrons. The SMILES string of the molecule is CC(C)(C)N1CC(C(=O)O)[C@H](c2ccc(Cl)cc2F)C1. The first-order valence-electron chi connectivity index (χ1n) is 6.63. The highest BCUT2D eigenvalue weighted by molar-refractivity contribution is 6.30. The maximum atomic E-state index is 14.1. The highest BCUT2D eigenvalue weighted by atomic mass is 35.5. The number of carboxylic acids is 1. The summed E-state index contributed by atoms with van der Waals surface area (Å²) in [6, 6.07) is 4.46. The van der Waals surface area contributed by atoms with Crippen molar-refractivity contribution < 1.29 is 14.3 Å². The Bertz CT molecular complexity index is 527. The van der Waals surface area contributed by atoms with E-state index < -0.39 is 17.7 Å². The predicted octanol–water partition coefficient (Wildman–Crippen LogP) is 3.38. The molecule has 5 heteroatoms. The molecule has 2 rings (SSSR count). The third kappa shape index (κ3) is 2.96. The second kappa shape index (κ2) is 5.34. The van der Waals surface area contributed by atoms with Crippen molar-refractivity contribution in [3.63, 3.8) is 0 Å². The van der Waals surface area contributed by atoms with Crippen molar-refractivity contribution in [2.75, 3.05) is 13.1 Å². The first-order chi connectivity index (χ1) is 9.20. The number of benzene rings is 1. The summed E-state index contributed by atoms with van der Waals surface area (Å²) in [4.78, 5) is 13.5. The molecule has 0 aromatic heterocycles. The summed E-state index contributed by atoms with van der Waals surface area (Å²) in [5.74, 6) is -2.24. The van der Waals surface area contributed by atoms with Gasteiger partial charge in [0.15, 0.2) is 0 Å². The fraction of sp³-hybridized carbons (Fsp3) is 0.533. The van der Waals surface area contributed by atoms with Crippen LogP contribution in [0.3, 0.4) is 0 Å². The summed E-state index contributed by atoms with van der Waals surface area (Å²) in [6.45, 7) is 7.08. The highest BCUT2D eigenvalue weighted by Crippen LogP contribution is 2.37. The predicted molar refractivity (Wildman–Crippen MR) is 76.6 cm³/mol.